The van der Waals surface area contributed by atoms with E-state index >= 15 is 0 Å². The molecule has 2 atom stereocenters. The van der Waals surface area contributed by atoms with Gasteiger partial charge < -0.3 is 14.8 Å². The number of nitrogens with one attached hydrogen (secondary N) is 1. The second kappa shape index (κ2) is 7.81. The Morgan fingerprint density at radius 3 is 3.15 bits per heavy atom. The van der Waals surface area contributed by atoms with Crippen molar-refractivity contribution < 1.29 is 14.3 Å². The van der Waals surface area contributed by atoms with Crippen LogP contribution < -0.4 is 5.32 Å². The Balaban J connectivity index is 1.44. The minimum absolute atomic E-state index is 0.143. The van der Waals surface area contributed by atoms with Gasteiger partial charge in [0.1, 0.15) is 11.7 Å². The second-order valence-corrected chi connectivity index (χ2v) is 6.57. The van der Waals surface area contributed by atoms with E-state index < -0.39 is 0 Å². The van der Waals surface area contributed by atoms with Gasteiger partial charge in [0.25, 0.3) is 5.91 Å². The number of carbonyl (C=O) groups excluding carboxylic acids is 1. The third-order valence-electron chi connectivity index (χ3n) is 4.52. The van der Waals surface area contributed by atoms with Crippen molar-refractivity contribution in [3.63, 3.8) is 0 Å². The van der Waals surface area contributed by atoms with Gasteiger partial charge in [0.05, 0.1) is 31.1 Å². The summed E-state index contributed by atoms with van der Waals surface area (Å²) in [5, 5.41) is 7.27. The molecule has 1 aliphatic heterocycles. The predicted molar refractivity (Wildman–Crippen MR) is 97.2 cm³/mol. The number of aromatic nitrogens is 4. The largest absolute Gasteiger partial charge is 0.379 e. The number of hydrogen-bond acceptors (Lipinski definition) is 6. The minimum Gasteiger partial charge on any atom is -0.379 e. The topological polar surface area (TPSA) is 90.6 Å². The number of rotatable bonds is 5. The summed E-state index contributed by atoms with van der Waals surface area (Å²) in [6, 6.07) is 5.55. The number of ether oxygens (including phenoxy) is 2. The SMILES string of the molecule is Cc1cnc2c(C(=O)NC3CCOCC3OCc3ccccn3)cnn2c1. The summed E-state index contributed by atoms with van der Waals surface area (Å²) in [5.74, 6) is -0.209. The van der Waals surface area contributed by atoms with Gasteiger partial charge in [-0.25, -0.2) is 9.50 Å². The standard InChI is InChI=1S/C19H21N5O3/c1-13-8-21-18-15(9-22-24(18)10-13)19(25)23-16-5-7-26-12-17(16)27-11-14-4-2-3-6-20-14/h2-4,6,8-10,16-17H,5,7,11-12H2,1H3,(H,23,25). The molecule has 1 amide bonds. The lowest BCUT2D eigenvalue weighted by molar-refractivity contribution is -0.0743. The smallest absolute Gasteiger partial charge is 0.257 e. The highest BCUT2D eigenvalue weighted by atomic mass is 16.5. The van der Waals surface area contributed by atoms with Gasteiger partial charge in [0, 0.05) is 25.2 Å². The number of carbonyl (C=O) groups is 1. The fourth-order valence-electron chi connectivity index (χ4n) is 3.09. The van der Waals surface area contributed by atoms with Crippen molar-refractivity contribution in [2.75, 3.05) is 13.2 Å². The zero-order chi connectivity index (χ0) is 18.6. The molecule has 4 rings (SSSR count). The highest BCUT2D eigenvalue weighted by molar-refractivity contribution is 5.99. The summed E-state index contributed by atoms with van der Waals surface area (Å²) in [7, 11) is 0. The molecular weight excluding hydrogens is 346 g/mol. The number of pyridine rings is 1. The maximum absolute atomic E-state index is 12.8. The molecule has 3 aromatic rings. The summed E-state index contributed by atoms with van der Waals surface area (Å²) in [6.45, 7) is 3.32. The van der Waals surface area contributed by atoms with Gasteiger partial charge in [0.2, 0.25) is 0 Å². The summed E-state index contributed by atoms with van der Waals surface area (Å²) in [5.41, 5.74) is 2.81. The third-order valence-corrected chi connectivity index (χ3v) is 4.52. The van der Waals surface area contributed by atoms with E-state index in [9.17, 15) is 4.79 Å². The molecule has 27 heavy (non-hydrogen) atoms. The quantitative estimate of drug-likeness (QED) is 0.736. The number of fused-ring (bicyclic) bond motifs is 1. The molecule has 1 fully saturated rings. The first-order valence-corrected chi connectivity index (χ1v) is 8.91. The monoisotopic (exact) mass is 367 g/mol. The van der Waals surface area contributed by atoms with Crippen LogP contribution in [0.4, 0.5) is 0 Å². The molecule has 0 bridgehead atoms. The van der Waals surface area contributed by atoms with Gasteiger partial charge in [-0.05, 0) is 31.0 Å². The number of amides is 1. The minimum atomic E-state index is -0.234. The Morgan fingerprint density at radius 2 is 2.30 bits per heavy atom. The van der Waals surface area contributed by atoms with Gasteiger partial charge >= 0.3 is 0 Å². The van der Waals surface area contributed by atoms with E-state index in [4.69, 9.17) is 9.47 Å². The van der Waals surface area contributed by atoms with Crippen LogP contribution in [0.2, 0.25) is 0 Å². The lowest BCUT2D eigenvalue weighted by atomic mass is 10.1. The molecule has 0 radical (unpaired) electrons. The van der Waals surface area contributed by atoms with Crippen LogP contribution in [0.5, 0.6) is 0 Å². The van der Waals surface area contributed by atoms with Crippen molar-refractivity contribution in [3.05, 3.63) is 59.8 Å². The number of aryl methyl sites for hydroxylation is 1. The first kappa shape index (κ1) is 17.6. The molecule has 140 valence electrons. The van der Waals surface area contributed by atoms with Gasteiger partial charge in [-0.1, -0.05) is 6.07 Å². The zero-order valence-corrected chi connectivity index (χ0v) is 15.0. The summed E-state index contributed by atoms with van der Waals surface area (Å²) < 4.78 is 13.1. The maximum Gasteiger partial charge on any atom is 0.257 e. The van der Waals surface area contributed by atoms with E-state index in [2.05, 4.69) is 20.4 Å². The molecule has 1 N–H and O–H groups in total. The highest BCUT2D eigenvalue weighted by Gasteiger charge is 2.29. The molecule has 4 heterocycles. The summed E-state index contributed by atoms with van der Waals surface area (Å²) in [4.78, 5) is 21.4. The van der Waals surface area contributed by atoms with E-state index in [0.717, 1.165) is 11.3 Å². The Bertz CT molecular complexity index is 927. The van der Waals surface area contributed by atoms with Crippen molar-refractivity contribution in [3.8, 4) is 0 Å². The molecule has 3 aromatic heterocycles. The van der Waals surface area contributed by atoms with E-state index in [1.807, 2.05) is 31.3 Å². The lowest BCUT2D eigenvalue weighted by Gasteiger charge is -2.31. The first-order valence-electron chi connectivity index (χ1n) is 8.91. The summed E-state index contributed by atoms with van der Waals surface area (Å²) in [6.07, 6.45) is 7.29. The molecule has 0 aromatic carbocycles. The lowest BCUT2D eigenvalue weighted by Crippen LogP contribution is -2.50. The van der Waals surface area contributed by atoms with Gasteiger partial charge in [0.15, 0.2) is 5.65 Å². The van der Waals surface area contributed by atoms with E-state index in [0.29, 0.717) is 37.5 Å². The van der Waals surface area contributed by atoms with Crippen molar-refractivity contribution >= 4 is 11.6 Å². The van der Waals surface area contributed by atoms with Crippen LogP contribution in [0.25, 0.3) is 5.65 Å². The van der Waals surface area contributed by atoms with E-state index in [-0.39, 0.29) is 18.1 Å². The van der Waals surface area contributed by atoms with Crippen LogP contribution in [-0.4, -0.2) is 50.8 Å². The maximum atomic E-state index is 12.8. The van der Waals surface area contributed by atoms with Crippen LogP contribution in [0.1, 0.15) is 28.0 Å². The molecule has 0 saturated carbocycles. The van der Waals surface area contributed by atoms with Gasteiger partial charge in [-0.3, -0.25) is 9.78 Å². The molecule has 0 spiro atoms. The van der Waals surface area contributed by atoms with Crippen LogP contribution in [-0.2, 0) is 16.1 Å². The number of nitrogens with zero attached hydrogens (tertiary/aromatic N) is 4. The van der Waals surface area contributed by atoms with Crippen molar-refractivity contribution in [1.82, 2.24) is 24.9 Å². The predicted octanol–water partition coefficient (Wildman–Crippen LogP) is 1.54. The Labute approximate surface area is 156 Å². The fourth-order valence-corrected chi connectivity index (χ4v) is 3.09. The third kappa shape index (κ3) is 3.96. The normalized spacial score (nSPS) is 19.9. The first-order chi connectivity index (χ1) is 13.2. The molecule has 0 aliphatic carbocycles. The van der Waals surface area contributed by atoms with E-state index in [1.165, 1.54) is 0 Å². The molecule has 2 unspecified atom stereocenters. The van der Waals surface area contributed by atoms with Gasteiger partial charge in [-0.2, -0.15) is 5.10 Å². The van der Waals surface area contributed by atoms with Crippen LogP contribution >= 0.6 is 0 Å². The van der Waals surface area contributed by atoms with Crippen molar-refractivity contribution in [2.45, 2.75) is 32.1 Å². The van der Waals surface area contributed by atoms with Crippen molar-refractivity contribution in [1.29, 1.82) is 0 Å². The molecule has 1 saturated heterocycles. The number of hydrogen-bond donors (Lipinski definition) is 1. The zero-order valence-electron chi connectivity index (χ0n) is 15.0. The molecule has 8 nitrogen and oxygen atoms in total. The fraction of sp³-hybridized carbons (Fsp3) is 0.368. The average Bonchev–Trinajstić information content (AvgIpc) is 3.11. The van der Waals surface area contributed by atoms with Crippen molar-refractivity contribution in [2.24, 2.45) is 0 Å². The van der Waals surface area contributed by atoms with E-state index in [1.54, 1.807) is 23.1 Å². The Kier molecular flexibility index (Phi) is 5.08. The highest BCUT2D eigenvalue weighted by Crippen LogP contribution is 2.15. The average molecular weight is 367 g/mol. The van der Waals surface area contributed by atoms with Crippen LogP contribution in [0, 0.1) is 6.92 Å². The molecule has 1 aliphatic rings. The molecule has 8 heteroatoms. The second-order valence-electron chi connectivity index (χ2n) is 6.57. The Hall–Kier alpha value is -2.84. The summed E-state index contributed by atoms with van der Waals surface area (Å²) >= 11 is 0. The van der Waals surface area contributed by atoms with Crippen LogP contribution in [0.3, 0.4) is 0 Å². The Morgan fingerprint density at radius 1 is 1.37 bits per heavy atom. The van der Waals surface area contributed by atoms with Crippen LogP contribution in [0.15, 0.2) is 43.0 Å². The van der Waals surface area contributed by atoms with Gasteiger partial charge in [-0.15, -0.1) is 0 Å². The molecular formula is C19H21N5O3.